The molecule has 23 heavy (non-hydrogen) atoms. The first-order valence-corrected chi connectivity index (χ1v) is 8.17. The normalized spacial score (nSPS) is 20.5. The van der Waals surface area contributed by atoms with Crippen LogP contribution in [0.2, 0.25) is 0 Å². The molecular weight excluding hydrogens is 294 g/mol. The molecule has 1 amide bonds. The van der Waals surface area contributed by atoms with Crippen molar-refractivity contribution in [3.8, 4) is 5.75 Å². The molecule has 126 valence electrons. The Bertz CT molecular complexity index is 606. The molecule has 1 aromatic carbocycles. The molecule has 0 saturated carbocycles. The van der Waals surface area contributed by atoms with Crippen molar-refractivity contribution in [3.05, 3.63) is 28.8 Å². The molecular formula is C18H25NO4. The minimum Gasteiger partial charge on any atom is -0.496 e. The Labute approximate surface area is 137 Å². The third-order valence-corrected chi connectivity index (χ3v) is 4.31. The highest BCUT2D eigenvalue weighted by molar-refractivity contribution is 5.68. The lowest BCUT2D eigenvalue weighted by molar-refractivity contribution is -0.00468. The predicted octanol–water partition coefficient (Wildman–Crippen LogP) is 3.10. The van der Waals surface area contributed by atoms with Gasteiger partial charge in [-0.3, -0.25) is 0 Å². The number of ether oxygens (including phenoxy) is 3. The van der Waals surface area contributed by atoms with Gasteiger partial charge < -0.3 is 19.1 Å². The third kappa shape index (κ3) is 3.29. The Hall–Kier alpha value is -1.75. The zero-order chi connectivity index (χ0) is 16.6. The van der Waals surface area contributed by atoms with E-state index < -0.39 is 5.60 Å². The molecule has 2 heterocycles. The van der Waals surface area contributed by atoms with Crippen LogP contribution < -0.4 is 4.74 Å². The Morgan fingerprint density at radius 2 is 2.09 bits per heavy atom. The van der Waals surface area contributed by atoms with E-state index in [4.69, 9.17) is 14.2 Å². The van der Waals surface area contributed by atoms with E-state index in [2.05, 4.69) is 6.07 Å². The number of hydrogen-bond donors (Lipinski definition) is 0. The van der Waals surface area contributed by atoms with Gasteiger partial charge in [-0.25, -0.2) is 4.79 Å². The Kier molecular flexibility index (Phi) is 4.23. The minimum atomic E-state index is -0.488. The number of amides is 1. The van der Waals surface area contributed by atoms with Crippen molar-refractivity contribution in [2.24, 2.45) is 0 Å². The Morgan fingerprint density at radius 1 is 1.30 bits per heavy atom. The van der Waals surface area contributed by atoms with Crippen LogP contribution >= 0.6 is 0 Å². The quantitative estimate of drug-likeness (QED) is 0.798. The fourth-order valence-electron chi connectivity index (χ4n) is 3.33. The molecule has 0 saturated heterocycles. The number of carbonyl (C=O) groups excluding carboxylic acids is 1. The standard InChI is InChI=1S/C18H25NO4/c1-18(2,3)23-17(20)19-9-7-12-5-6-14(21-4)13-8-10-22-15(11-19)16(12)13/h5-6,15H,7-11H2,1-4H3. The minimum absolute atomic E-state index is 0.0983. The van der Waals surface area contributed by atoms with Gasteiger partial charge in [0.15, 0.2) is 0 Å². The number of carbonyl (C=O) groups is 1. The molecule has 3 rings (SSSR count). The molecule has 1 unspecified atom stereocenters. The van der Waals surface area contributed by atoms with E-state index >= 15 is 0 Å². The summed E-state index contributed by atoms with van der Waals surface area (Å²) in [5.41, 5.74) is 3.20. The first-order chi connectivity index (χ1) is 10.9. The lowest BCUT2D eigenvalue weighted by Crippen LogP contribution is -2.40. The average molecular weight is 319 g/mol. The zero-order valence-electron chi connectivity index (χ0n) is 14.3. The van der Waals surface area contributed by atoms with Gasteiger partial charge >= 0.3 is 6.09 Å². The maximum atomic E-state index is 12.4. The van der Waals surface area contributed by atoms with Crippen LogP contribution in [0.15, 0.2) is 12.1 Å². The summed E-state index contributed by atoms with van der Waals surface area (Å²) in [5, 5.41) is 0. The van der Waals surface area contributed by atoms with Crippen molar-refractivity contribution in [3.63, 3.8) is 0 Å². The molecule has 0 aromatic heterocycles. The molecule has 0 fully saturated rings. The molecule has 1 atom stereocenters. The Balaban J connectivity index is 1.88. The second kappa shape index (κ2) is 6.04. The van der Waals surface area contributed by atoms with Crippen molar-refractivity contribution < 1.29 is 19.0 Å². The lowest BCUT2D eigenvalue weighted by Gasteiger charge is -2.31. The highest BCUT2D eigenvalue weighted by Crippen LogP contribution is 2.38. The van der Waals surface area contributed by atoms with Gasteiger partial charge in [0.05, 0.1) is 20.3 Å². The number of hydrogen-bond acceptors (Lipinski definition) is 4. The van der Waals surface area contributed by atoms with Crippen LogP contribution in [-0.4, -0.2) is 43.4 Å². The maximum absolute atomic E-state index is 12.4. The van der Waals surface area contributed by atoms with E-state index in [1.54, 1.807) is 12.0 Å². The monoisotopic (exact) mass is 319 g/mol. The van der Waals surface area contributed by atoms with E-state index in [1.165, 1.54) is 16.7 Å². The van der Waals surface area contributed by atoms with Gasteiger partial charge in [0.25, 0.3) is 0 Å². The molecule has 0 radical (unpaired) electrons. The molecule has 0 N–H and O–H groups in total. The average Bonchev–Trinajstić information content (AvgIpc) is 2.67. The maximum Gasteiger partial charge on any atom is 0.410 e. The highest BCUT2D eigenvalue weighted by atomic mass is 16.6. The fourth-order valence-corrected chi connectivity index (χ4v) is 3.33. The summed E-state index contributed by atoms with van der Waals surface area (Å²) in [6.45, 7) is 7.49. The van der Waals surface area contributed by atoms with Gasteiger partial charge in [-0.2, -0.15) is 0 Å². The summed E-state index contributed by atoms with van der Waals surface area (Å²) in [7, 11) is 1.70. The van der Waals surface area contributed by atoms with Gasteiger partial charge in [0.2, 0.25) is 0 Å². The van der Waals surface area contributed by atoms with Crippen LogP contribution in [0.1, 0.15) is 43.6 Å². The molecule has 0 spiro atoms. The summed E-state index contributed by atoms with van der Waals surface area (Å²) < 4.78 is 17.0. The number of methoxy groups -OCH3 is 1. The zero-order valence-corrected chi connectivity index (χ0v) is 14.3. The van der Waals surface area contributed by atoms with Crippen LogP contribution in [0.25, 0.3) is 0 Å². The van der Waals surface area contributed by atoms with Gasteiger partial charge in [0, 0.05) is 12.1 Å². The molecule has 5 heteroatoms. The summed E-state index contributed by atoms with van der Waals surface area (Å²) in [6, 6.07) is 4.12. The SMILES string of the molecule is COc1ccc2c3c1CCOC3CN(C(=O)OC(C)(C)C)CC2. The summed E-state index contributed by atoms with van der Waals surface area (Å²) in [4.78, 5) is 14.2. The summed E-state index contributed by atoms with van der Waals surface area (Å²) in [5.74, 6) is 0.919. The van der Waals surface area contributed by atoms with E-state index in [1.807, 2.05) is 26.8 Å². The predicted molar refractivity (Wildman–Crippen MR) is 86.9 cm³/mol. The molecule has 0 aliphatic carbocycles. The summed E-state index contributed by atoms with van der Waals surface area (Å²) in [6.07, 6.45) is 1.30. The van der Waals surface area contributed by atoms with E-state index in [9.17, 15) is 4.79 Å². The lowest BCUT2D eigenvalue weighted by atomic mass is 9.91. The first kappa shape index (κ1) is 16.1. The topological polar surface area (TPSA) is 48.0 Å². The van der Waals surface area contributed by atoms with Gasteiger partial charge in [-0.1, -0.05) is 6.07 Å². The number of rotatable bonds is 1. The second-order valence-electron chi connectivity index (χ2n) is 7.10. The smallest absolute Gasteiger partial charge is 0.410 e. The van der Waals surface area contributed by atoms with Crippen LogP contribution in [0.4, 0.5) is 4.79 Å². The van der Waals surface area contributed by atoms with Crippen LogP contribution in [0.3, 0.4) is 0 Å². The molecule has 2 aliphatic rings. The number of benzene rings is 1. The highest BCUT2D eigenvalue weighted by Gasteiger charge is 2.33. The molecule has 2 aliphatic heterocycles. The third-order valence-electron chi connectivity index (χ3n) is 4.31. The second-order valence-corrected chi connectivity index (χ2v) is 7.10. The van der Waals surface area contributed by atoms with E-state index in [0.717, 1.165) is 18.6 Å². The molecule has 1 aromatic rings. The Morgan fingerprint density at radius 3 is 2.78 bits per heavy atom. The van der Waals surface area contributed by atoms with Crippen molar-refractivity contribution in [2.75, 3.05) is 26.8 Å². The fraction of sp³-hybridized carbons (Fsp3) is 0.611. The van der Waals surface area contributed by atoms with Gasteiger partial charge in [-0.05, 0) is 50.8 Å². The number of nitrogens with zero attached hydrogens (tertiary/aromatic N) is 1. The van der Waals surface area contributed by atoms with Crippen molar-refractivity contribution in [1.82, 2.24) is 4.90 Å². The first-order valence-electron chi connectivity index (χ1n) is 8.17. The van der Waals surface area contributed by atoms with Crippen molar-refractivity contribution in [2.45, 2.75) is 45.3 Å². The van der Waals surface area contributed by atoms with Crippen molar-refractivity contribution in [1.29, 1.82) is 0 Å². The molecule has 0 bridgehead atoms. The van der Waals surface area contributed by atoms with Crippen LogP contribution in [0, 0.1) is 0 Å². The van der Waals surface area contributed by atoms with Crippen LogP contribution in [0.5, 0.6) is 5.75 Å². The van der Waals surface area contributed by atoms with E-state index in [-0.39, 0.29) is 12.2 Å². The van der Waals surface area contributed by atoms with E-state index in [0.29, 0.717) is 19.7 Å². The van der Waals surface area contributed by atoms with Crippen LogP contribution in [-0.2, 0) is 22.3 Å². The molecule has 5 nitrogen and oxygen atoms in total. The largest absolute Gasteiger partial charge is 0.496 e. The summed E-state index contributed by atoms with van der Waals surface area (Å²) >= 11 is 0. The van der Waals surface area contributed by atoms with Crippen molar-refractivity contribution >= 4 is 6.09 Å². The van der Waals surface area contributed by atoms with Gasteiger partial charge in [-0.15, -0.1) is 0 Å². The van der Waals surface area contributed by atoms with Gasteiger partial charge in [0.1, 0.15) is 17.5 Å².